The third kappa shape index (κ3) is 4.72. The molecule has 21 heavy (non-hydrogen) atoms. The number of carbonyl (C=O) groups excluding carboxylic acids is 1. The second kappa shape index (κ2) is 7.43. The number of anilines is 2. The summed E-state index contributed by atoms with van der Waals surface area (Å²) in [5.74, 6) is 1.73. The summed E-state index contributed by atoms with van der Waals surface area (Å²) >= 11 is 7.70. The molecule has 0 radical (unpaired) electrons. The van der Waals surface area contributed by atoms with Gasteiger partial charge in [0.05, 0.1) is 17.0 Å². The van der Waals surface area contributed by atoms with E-state index in [0.717, 1.165) is 22.8 Å². The van der Waals surface area contributed by atoms with Crippen LogP contribution in [-0.4, -0.2) is 11.7 Å². The number of benzene rings is 1. The van der Waals surface area contributed by atoms with Crippen LogP contribution < -0.4 is 11.1 Å². The normalized spacial score (nSPS) is 10.6. The fraction of sp³-hybridized carbons (Fsp3) is 0.267. The number of halogens is 1. The standard InChI is InChI=1S/C15H17ClN2O2S/c1-10-14(6-7-20-10)21-8-2-3-15(19)18-13-5-4-11(17)9-12(13)16/h4-7,9H,2-3,8,17H2,1H3,(H,18,19). The van der Waals surface area contributed by atoms with Gasteiger partial charge in [-0.05, 0) is 43.4 Å². The van der Waals surface area contributed by atoms with E-state index in [9.17, 15) is 4.79 Å². The van der Waals surface area contributed by atoms with E-state index < -0.39 is 0 Å². The Bertz CT molecular complexity index is 628. The number of aryl methyl sites for hydroxylation is 1. The molecular weight excluding hydrogens is 308 g/mol. The maximum absolute atomic E-state index is 11.8. The molecule has 1 aromatic carbocycles. The number of nitrogens with one attached hydrogen (secondary N) is 1. The van der Waals surface area contributed by atoms with E-state index in [0.29, 0.717) is 22.8 Å². The van der Waals surface area contributed by atoms with Gasteiger partial charge >= 0.3 is 0 Å². The molecule has 0 aliphatic carbocycles. The summed E-state index contributed by atoms with van der Waals surface area (Å²) in [6.07, 6.45) is 2.91. The number of hydrogen-bond donors (Lipinski definition) is 2. The second-order valence-electron chi connectivity index (χ2n) is 4.58. The lowest BCUT2D eigenvalue weighted by Gasteiger charge is -2.07. The van der Waals surface area contributed by atoms with E-state index in [4.69, 9.17) is 21.8 Å². The molecule has 6 heteroatoms. The Hall–Kier alpha value is -1.59. The average molecular weight is 325 g/mol. The number of amides is 1. The zero-order valence-corrected chi connectivity index (χ0v) is 13.3. The summed E-state index contributed by atoms with van der Waals surface area (Å²) < 4.78 is 5.22. The molecule has 1 amide bonds. The average Bonchev–Trinajstić information content (AvgIpc) is 2.84. The van der Waals surface area contributed by atoms with Gasteiger partial charge < -0.3 is 15.5 Å². The van der Waals surface area contributed by atoms with E-state index >= 15 is 0 Å². The third-order valence-electron chi connectivity index (χ3n) is 2.88. The number of rotatable bonds is 6. The van der Waals surface area contributed by atoms with Crippen molar-refractivity contribution in [1.29, 1.82) is 0 Å². The Kier molecular flexibility index (Phi) is 5.59. The summed E-state index contributed by atoms with van der Waals surface area (Å²) in [5.41, 5.74) is 6.77. The number of hydrogen-bond acceptors (Lipinski definition) is 4. The lowest BCUT2D eigenvalue weighted by atomic mass is 10.2. The largest absolute Gasteiger partial charge is 0.468 e. The van der Waals surface area contributed by atoms with Crippen molar-refractivity contribution >= 4 is 40.6 Å². The summed E-state index contributed by atoms with van der Waals surface area (Å²) in [5, 5.41) is 3.24. The van der Waals surface area contributed by atoms with Crippen LogP contribution in [0.2, 0.25) is 5.02 Å². The van der Waals surface area contributed by atoms with Crippen molar-refractivity contribution in [1.82, 2.24) is 0 Å². The maximum atomic E-state index is 11.8. The van der Waals surface area contributed by atoms with E-state index in [-0.39, 0.29) is 5.91 Å². The first-order chi connectivity index (χ1) is 10.1. The SMILES string of the molecule is Cc1occc1SCCCC(=O)Nc1ccc(N)cc1Cl. The van der Waals surface area contributed by atoms with Crippen LogP contribution in [0, 0.1) is 6.92 Å². The molecule has 1 aromatic heterocycles. The minimum absolute atomic E-state index is 0.0498. The van der Waals surface area contributed by atoms with Crippen molar-refractivity contribution in [3.63, 3.8) is 0 Å². The molecule has 0 spiro atoms. The molecular formula is C15H17ClN2O2S. The molecule has 1 heterocycles. The monoisotopic (exact) mass is 324 g/mol. The first-order valence-electron chi connectivity index (χ1n) is 6.58. The van der Waals surface area contributed by atoms with Crippen LogP contribution in [0.25, 0.3) is 0 Å². The van der Waals surface area contributed by atoms with Crippen LogP contribution in [0.4, 0.5) is 11.4 Å². The van der Waals surface area contributed by atoms with Crippen molar-refractivity contribution in [2.45, 2.75) is 24.7 Å². The van der Waals surface area contributed by atoms with Crippen molar-refractivity contribution in [3.8, 4) is 0 Å². The van der Waals surface area contributed by atoms with Crippen molar-refractivity contribution in [2.24, 2.45) is 0 Å². The molecule has 0 unspecified atom stereocenters. The number of thioether (sulfide) groups is 1. The van der Waals surface area contributed by atoms with Crippen molar-refractivity contribution in [2.75, 3.05) is 16.8 Å². The van der Waals surface area contributed by atoms with E-state index in [1.165, 1.54) is 0 Å². The highest BCUT2D eigenvalue weighted by Crippen LogP contribution is 2.25. The van der Waals surface area contributed by atoms with Crippen molar-refractivity contribution < 1.29 is 9.21 Å². The smallest absolute Gasteiger partial charge is 0.224 e. The Morgan fingerprint density at radius 3 is 2.90 bits per heavy atom. The van der Waals surface area contributed by atoms with Crippen LogP contribution in [0.1, 0.15) is 18.6 Å². The van der Waals surface area contributed by atoms with Crippen LogP contribution in [0.3, 0.4) is 0 Å². The fourth-order valence-corrected chi connectivity index (χ4v) is 2.93. The van der Waals surface area contributed by atoms with Gasteiger partial charge in [0.2, 0.25) is 5.91 Å². The fourth-order valence-electron chi connectivity index (χ4n) is 1.78. The Balaban J connectivity index is 1.73. The van der Waals surface area contributed by atoms with Gasteiger partial charge in [-0.1, -0.05) is 11.6 Å². The lowest BCUT2D eigenvalue weighted by Crippen LogP contribution is -2.11. The first-order valence-corrected chi connectivity index (χ1v) is 7.94. The third-order valence-corrected chi connectivity index (χ3v) is 4.42. The number of furan rings is 1. The predicted molar refractivity (Wildman–Crippen MR) is 87.9 cm³/mol. The van der Waals surface area contributed by atoms with Crippen LogP contribution in [0.5, 0.6) is 0 Å². The van der Waals surface area contributed by atoms with Gasteiger partial charge in [-0.3, -0.25) is 4.79 Å². The highest BCUT2D eigenvalue weighted by atomic mass is 35.5. The Labute approximate surface area is 133 Å². The molecule has 0 aliphatic rings. The maximum Gasteiger partial charge on any atom is 0.224 e. The molecule has 112 valence electrons. The highest BCUT2D eigenvalue weighted by Gasteiger charge is 2.07. The molecule has 0 aliphatic heterocycles. The summed E-state index contributed by atoms with van der Waals surface area (Å²) in [6.45, 7) is 1.93. The number of nitrogens with two attached hydrogens (primary N) is 1. The Morgan fingerprint density at radius 2 is 2.24 bits per heavy atom. The predicted octanol–water partition coefficient (Wildman–Crippen LogP) is 4.33. The summed E-state index contributed by atoms with van der Waals surface area (Å²) in [7, 11) is 0. The zero-order valence-electron chi connectivity index (χ0n) is 11.7. The Morgan fingerprint density at radius 1 is 1.43 bits per heavy atom. The quantitative estimate of drug-likeness (QED) is 0.471. The molecule has 0 bridgehead atoms. The van der Waals surface area contributed by atoms with Gasteiger partial charge in [0, 0.05) is 17.0 Å². The van der Waals surface area contributed by atoms with Gasteiger partial charge in [-0.2, -0.15) is 0 Å². The van der Waals surface area contributed by atoms with E-state index in [1.54, 1.807) is 36.2 Å². The topological polar surface area (TPSA) is 68.3 Å². The summed E-state index contributed by atoms with van der Waals surface area (Å²) in [6, 6.07) is 6.97. The van der Waals surface area contributed by atoms with Crippen molar-refractivity contribution in [3.05, 3.63) is 41.3 Å². The van der Waals surface area contributed by atoms with Gasteiger partial charge in [0.1, 0.15) is 5.76 Å². The zero-order chi connectivity index (χ0) is 15.2. The molecule has 2 rings (SSSR count). The minimum atomic E-state index is -0.0498. The first kappa shape index (κ1) is 15.8. The van der Waals surface area contributed by atoms with Gasteiger partial charge in [-0.15, -0.1) is 11.8 Å². The highest BCUT2D eigenvalue weighted by molar-refractivity contribution is 7.99. The molecule has 0 saturated heterocycles. The molecule has 0 saturated carbocycles. The second-order valence-corrected chi connectivity index (χ2v) is 6.12. The van der Waals surface area contributed by atoms with Gasteiger partial charge in [0.15, 0.2) is 0 Å². The molecule has 3 N–H and O–H groups in total. The molecule has 0 atom stereocenters. The van der Waals surface area contributed by atoms with E-state index in [1.807, 2.05) is 13.0 Å². The number of nitrogen functional groups attached to an aromatic ring is 1. The van der Waals surface area contributed by atoms with Crippen LogP contribution >= 0.6 is 23.4 Å². The van der Waals surface area contributed by atoms with E-state index in [2.05, 4.69) is 5.32 Å². The number of carbonyl (C=O) groups is 1. The van der Waals surface area contributed by atoms with Gasteiger partial charge in [0.25, 0.3) is 0 Å². The molecule has 2 aromatic rings. The molecule has 0 fully saturated rings. The molecule has 4 nitrogen and oxygen atoms in total. The van der Waals surface area contributed by atoms with Gasteiger partial charge in [-0.25, -0.2) is 0 Å². The lowest BCUT2D eigenvalue weighted by molar-refractivity contribution is -0.116. The van der Waals surface area contributed by atoms with Crippen LogP contribution in [0.15, 0.2) is 39.8 Å². The van der Waals surface area contributed by atoms with Crippen LogP contribution in [-0.2, 0) is 4.79 Å². The minimum Gasteiger partial charge on any atom is -0.468 e. The summed E-state index contributed by atoms with van der Waals surface area (Å²) in [4.78, 5) is 13.0.